The Labute approximate surface area is 102 Å². The lowest BCUT2D eigenvalue weighted by molar-refractivity contribution is -0.138. The molecule has 17 heavy (non-hydrogen) atoms. The van der Waals surface area contributed by atoms with Crippen molar-refractivity contribution in [3.63, 3.8) is 0 Å². The molecule has 2 unspecified atom stereocenters. The molecule has 0 aromatic heterocycles. The molecule has 1 aromatic rings. The summed E-state index contributed by atoms with van der Waals surface area (Å²) in [6, 6.07) is 6.59. The van der Waals surface area contributed by atoms with Gasteiger partial charge in [-0.1, -0.05) is 18.2 Å². The van der Waals surface area contributed by atoms with Gasteiger partial charge in [-0.05, 0) is 60.6 Å². The molecule has 2 aliphatic rings. The first-order chi connectivity index (χ1) is 8.24. The number of hydrogen-bond acceptors (Lipinski definition) is 1. The summed E-state index contributed by atoms with van der Waals surface area (Å²) in [6.07, 6.45) is 6.10. The smallest absolute Gasteiger partial charge is 0.303 e. The third-order valence-corrected chi connectivity index (χ3v) is 4.28. The van der Waals surface area contributed by atoms with Gasteiger partial charge in [0.05, 0.1) is 0 Å². The SMILES string of the molecule is O=C(O)CC1Cc2cccc3c2C(CCC3)C1. The largest absolute Gasteiger partial charge is 0.481 e. The number of carboxylic acid groups (broad SMARTS) is 1. The fourth-order valence-electron chi connectivity index (χ4n) is 3.70. The van der Waals surface area contributed by atoms with Gasteiger partial charge in [-0.3, -0.25) is 4.79 Å². The van der Waals surface area contributed by atoms with Crippen LogP contribution in [0.2, 0.25) is 0 Å². The van der Waals surface area contributed by atoms with Crippen molar-refractivity contribution in [2.24, 2.45) is 5.92 Å². The van der Waals surface area contributed by atoms with Crippen molar-refractivity contribution in [3.8, 4) is 0 Å². The van der Waals surface area contributed by atoms with Crippen molar-refractivity contribution >= 4 is 5.97 Å². The summed E-state index contributed by atoms with van der Waals surface area (Å²) in [5, 5.41) is 8.94. The lowest BCUT2D eigenvalue weighted by Crippen LogP contribution is -2.24. The zero-order valence-corrected chi connectivity index (χ0v) is 9.98. The topological polar surface area (TPSA) is 37.3 Å². The van der Waals surface area contributed by atoms with E-state index in [1.54, 1.807) is 5.56 Å². The lowest BCUT2D eigenvalue weighted by atomic mass is 9.69. The molecule has 3 rings (SSSR count). The van der Waals surface area contributed by atoms with Gasteiger partial charge in [0.1, 0.15) is 0 Å². The number of carboxylic acids is 1. The normalized spacial score (nSPS) is 26.4. The van der Waals surface area contributed by atoms with E-state index in [9.17, 15) is 4.79 Å². The Bertz CT molecular complexity index is 450. The highest BCUT2D eigenvalue weighted by molar-refractivity contribution is 5.67. The number of aliphatic carboxylic acids is 1. The van der Waals surface area contributed by atoms with Crippen LogP contribution in [0.5, 0.6) is 0 Å². The first-order valence-electron chi connectivity index (χ1n) is 6.56. The molecule has 2 nitrogen and oxygen atoms in total. The number of hydrogen-bond donors (Lipinski definition) is 1. The van der Waals surface area contributed by atoms with E-state index in [1.165, 1.54) is 30.4 Å². The minimum absolute atomic E-state index is 0.333. The van der Waals surface area contributed by atoms with E-state index in [0.29, 0.717) is 18.3 Å². The van der Waals surface area contributed by atoms with Crippen LogP contribution in [0.1, 0.15) is 48.3 Å². The molecule has 0 amide bonds. The van der Waals surface area contributed by atoms with Crippen molar-refractivity contribution in [1.29, 1.82) is 0 Å². The Morgan fingerprint density at radius 3 is 3.00 bits per heavy atom. The molecule has 0 saturated carbocycles. The zero-order chi connectivity index (χ0) is 11.8. The Morgan fingerprint density at radius 2 is 2.18 bits per heavy atom. The molecule has 2 aliphatic carbocycles. The molecule has 1 aromatic carbocycles. The molecule has 0 heterocycles. The fraction of sp³-hybridized carbons (Fsp3) is 0.533. The third kappa shape index (κ3) is 1.97. The van der Waals surface area contributed by atoms with E-state index in [-0.39, 0.29) is 0 Å². The average Bonchev–Trinajstić information content (AvgIpc) is 2.28. The molecule has 0 spiro atoms. The second kappa shape index (κ2) is 4.17. The maximum absolute atomic E-state index is 10.9. The predicted octanol–water partition coefficient (Wildman–Crippen LogP) is 3.14. The minimum atomic E-state index is -0.648. The predicted molar refractivity (Wildman–Crippen MR) is 66.2 cm³/mol. The first kappa shape index (κ1) is 10.8. The Balaban J connectivity index is 1.93. The maximum Gasteiger partial charge on any atom is 0.303 e. The highest BCUT2D eigenvalue weighted by atomic mass is 16.4. The van der Waals surface area contributed by atoms with Gasteiger partial charge in [0, 0.05) is 6.42 Å². The summed E-state index contributed by atoms with van der Waals surface area (Å²) >= 11 is 0. The molecule has 0 saturated heterocycles. The van der Waals surface area contributed by atoms with Crippen LogP contribution in [0.15, 0.2) is 18.2 Å². The van der Waals surface area contributed by atoms with Crippen molar-refractivity contribution in [2.75, 3.05) is 0 Å². The van der Waals surface area contributed by atoms with E-state index < -0.39 is 5.97 Å². The molecule has 90 valence electrons. The van der Waals surface area contributed by atoms with Gasteiger partial charge in [0.25, 0.3) is 0 Å². The van der Waals surface area contributed by atoms with E-state index in [4.69, 9.17) is 5.11 Å². The second-order valence-corrected chi connectivity index (χ2v) is 5.48. The molecule has 0 aliphatic heterocycles. The van der Waals surface area contributed by atoms with Crippen LogP contribution in [0.25, 0.3) is 0 Å². The quantitative estimate of drug-likeness (QED) is 0.847. The van der Waals surface area contributed by atoms with Gasteiger partial charge >= 0.3 is 5.97 Å². The fourth-order valence-corrected chi connectivity index (χ4v) is 3.70. The summed E-state index contributed by atoms with van der Waals surface area (Å²) in [6.45, 7) is 0. The molecule has 0 bridgehead atoms. The minimum Gasteiger partial charge on any atom is -0.481 e. The Hall–Kier alpha value is -1.31. The van der Waals surface area contributed by atoms with Crippen molar-refractivity contribution in [1.82, 2.24) is 0 Å². The number of rotatable bonds is 2. The van der Waals surface area contributed by atoms with Gasteiger partial charge in [-0.15, -0.1) is 0 Å². The standard InChI is InChI=1S/C15H18O2/c16-14(17)9-10-7-12-5-1-3-11-4-2-6-13(8-10)15(11)12/h1,3,5,10,13H,2,4,6-9H2,(H,16,17). The van der Waals surface area contributed by atoms with Crippen LogP contribution in [-0.2, 0) is 17.6 Å². The van der Waals surface area contributed by atoms with Crippen LogP contribution in [0.4, 0.5) is 0 Å². The highest BCUT2D eigenvalue weighted by Crippen LogP contribution is 2.43. The summed E-state index contributed by atoms with van der Waals surface area (Å²) in [4.78, 5) is 10.9. The summed E-state index contributed by atoms with van der Waals surface area (Å²) in [5.41, 5.74) is 4.51. The number of carbonyl (C=O) groups is 1. The summed E-state index contributed by atoms with van der Waals surface area (Å²) in [7, 11) is 0. The summed E-state index contributed by atoms with van der Waals surface area (Å²) in [5.74, 6) is 0.330. The second-order valence-electron chi connectivity index (χ2n) is 5.48. The van der Waals surface area contributed by atoms with Crippen LogP contribution in [0, 0.1) is 5.92 Å². The Kier molecular flexibility index (Phi) is 2.65. The van der Waals surface area contributed by atoms with Gasteiger partial charge in [-0.2, -0.15) is 0 Å². The van der Waals surface area contributed by atoms with Crippen LogP contribution < -0.4 is 0 Å². The van der Waals surface area contributed by atoms with Crippen LogP contribution in [-0.4, -0.2) is 11.1 Å². The molecule has 2 heteroatoms. The molecule has 1 N–H and O–H groups in total. The van der Waals surface area contributed by atoms with Crippen molar-refractivity contribution < 1.29 is 9.90 Å². The van der Waals surface area contributed by atoms with E-state index >= 15 is 0 Å². The number of benzene rings is 1. The lowest BCUT2D eigenvalue weighted by Gasteiger charge is -2.35. The molecule has 0 fully saturated rings. The van der Waals surface area contributed by atoms with Gasteiger partial charge in [0.2, 0.25) is 0 Å². The first-order valence-corrected chi connectivity index (χ1v) is 6.56. The van der Waals surface area contributed by atoms with Crippen LogP contribution >= 0.6 is 0 Å². The third-order valence-electron chi connectivity index (χ3n) is 4.28. The summed E-state index contributed by atoms with van der Waals surface area (Å²) < 4.78 is 0. The highest BCUT2D eigenvalue weighted by Gasteiger charge is 2.31. The van der Waals surface area contributed by atoms with Gasteiger partial charge in [0.15, 0.2) is 0 Å². The molecular formula is C15H18O2. The molecule has 2 atom stereocenters. The van der Waals surface area contributed by atoms with Crippen molar-refractivity contribution in [2.45, 2.75) is 44.4 Å². The van der Waals surface area contributed by atoms with E-state index in [0.717, 1.165) is 12.8 Å². The molecular weight excluding hydrogens is 212 g/mol. The maximum atomic E-state index is 10.9. The molecule has 0 radical (unpaired) electrons. The van der Waals surface area contributed by atoms with Crippen molar-refractivity contribution in [3.05, 3.63) is 34.9 Å². The van der Waals surface area contributed by atoms with E-state index in [2.05, 4.69) is 18.2 Å². The van der Waals surface area contributed by atoms with Gasteiger partial charge < -0.3 is 5.11 Å². The van der Waals surface area contributed by atoms with Crippen LogP contribution in [0.3, 0.4) is 0 Å². The monoisotopic (exact) mass is 230 g/mol. The van der Waals surface area contributed by atoms with E-state index in [1.807, 2.05) is 0 Å². The Morgan fingerprint density at radius 1 is 1.35 bits per heavy atom. The number of aryl methyl sites for hydroxylation is 1. The average molecular weight is 230 g/mol. The van der Waals surface area contributed by atoms with Gasteiger partial charge in [-0.25, -0.2) is 0 Å². The zero-order valence-electron chi connectivity index (χ0n) is 9.98.